The van der Waals surface area contributed by atoms with Gasteiger partial charge in [0.1, 0.15) is 6.61 Å². The van der Waals surface area contributed by atoms with E-state index in [1.54, 1.807) is 0 Å². The molecule has 1 aliphatic carbocycles. The largest absolute Gasteiger partial charge is 0.485 e. The van der Waals surface area contributed by atoms with Crippen molar-refractivity contribution in [3.05, 3.63) is 59.1 Å². The smallest absolute Gasteiger partial charge is 0.265 e. The fourth-order valence-corrected chi connectivity index (χ4v) is 3.09. The van der Waals surface area contributed by atoms with Gasteiger partial charge in [-0.05, 0) is 48.6 Å². The molecule has 0 radical (unpaired) electrons. The molecule has 2 aromatic carbocycles. The molecular weight excluding hydrogens is 326 g/mol. The summed E-state index contributed by atoms with van der Waals surface area (Å²) in [6.45, 7) is 0.223. The summed E-state index contributed by atoms with van der Waals surface area (Å²) in [5.74, 6) is 1.62. The second-order valence-electron chi connectivity index (χ2n) is 6.24. The van der Waals surface area contributed by atoms with E-state index in [-0.39, 0.29) is 18.6 Å². The van der Waals surface area contributed by atoms with Crippen LogP contribution in [0.15, 0.2) is 48.5 Å². The number of para-hydroxylation sites is 2. The lowest BCUT2D eigenvalue weighted by Crippen LogP contribution is -2.45. The zero-order valence-electron chi connectivity index (χ0n) is 13.1. The van der Waals surface area contributed by atoms with Crippen molar-refractivity contribution in [2.75, 3.05) is 6.61 Å². The van der Waals surface area contributed by atoms with Crippen molar-refractivity contribution in [2.24, 2.45) is 5.92 Å². The predicted molar refractivity (Wildman–Crippen MR) is 91.4 cm³/mol. The number of rotatable bonds is 4. The SMILES string of the molecule is O=C(NC(c1ccc(Cl)cc1)C1CC1)C1COc2ccccc2O1. The molecular formula is C19H18ClNO3. The number of amides is 1. The summed E-state index contributed by atoms with van der Waals surface area (Å²) >= 11 is 5.96. The Morgan fingerprint density at radius 2 is 1.79 bits per heavy atom. The van der Waals surface area contributed by atoms with Gasteiger partial charge in [0.2, 0.25) is 6.10 Å². The number of hydrogen-bond acceptors (Lipinski definition) is 3. The molecule has 2 aliphatic rings. The summed E-state index contributed by atoms with van der Waals surface area (Å²) in [5.41, 5.74) is 1.08. The number of carbonyl (C=O) groups excluding carboxylic acids is 1. The molecule has 0 bridgehead atoms. The van der Waals surface area contributed by atoms with Gasteiger partial charge in [-0.3, -0.25) is 4.79 Å². The van der Waals surface area contributed by atoms with Crippen LogP contribution in [0.2, 0.25) is 5.02 Å². The van der Waals surface area contributed by atoms with Crippen LogP contribution in [0.1, 0.15) is 24.4 Å². The van der Waals surface area contributed by atoms with Crippen LogP contribution >= 0.6 is 11.6 Å². The Hall–Kier alpha value is -2.20. The zero-order valence-corrected chi connectivity index (χ0v) is 13.8. The number of carbonyl (C=O) groups is 1. The minimum atomic E-state index is -0.631. The van der Waals surface area contributed by atoms with Gasteiger partial charge < -0.3 is 14.8 Å². The van der Waals surface area contributed by atoms with Crippen LogP contribution in [-0.2, 0) is 4.79 Å². The Labute approximate surface area is 145 Å². The molecule has 1 saturated carbocycles. The lowest BCUT2D eigenvalue weighted by Gasteiger charge is -2.27. The van der Waals surface area contributed by atoms with Crippen LogP contribution in [0, 0.1) is 5.92 Å². The number of ether oxygens (including phenoxy) is 2. The third-order valence-corrected chi connectivity index (χ3v) is 4.67. The third-order valence-electron chi connectivity index (χ3n) is 4.42. The average molecular weight is 344 g/mol. The van der Waals surface area contributed by atoms with Gasteiger partial charge >= 0.3 is 0 Å². The van der Waals surface area contributed by atoms with Crippen LogP contribution in [0.5, 0.6) is 11.5 Å². The predicted octanol–water partition coefficient (Wildman–Crippen LogP) is 3.75. The molecule has 1 fully saturated rings. The molecule has 0 spiro atoms. The second kappa shape index (κ2) is 6.36. The second-order valence-corrected chi connectivity index (χ2v) is 6.68. The number of fused-ring (bicyclic) bond motifs is 1. The summed E-state index contributed by atoms with van der Waals surface area (Å²) in [6, 6.07) is 15.0. The molecule has 2 unspecified atom stereocenters. The molecule has 5 heteroatoms. The molecule has 1 aliphatic heterocycles. The minimum absolute atomic E-state index is 0.00413. The molecule has 2 atom stereocenters. The summed E-state index contributed by atoms with van der Waals surface area (Å²) in [5, 5.41) is 3.82. The maximum Gasteiger partial charge on any atom is 0.265 e. The monoisotopic (exact) mass is 343 g/mol. The van der Waals surface area contributed by atoms with E-state index in [9.17, 15) is 4.79 Å². The highest BCUT2D eigenvalue weighted by atomic mass is 35.5. The van der Waals surface area contributed by atoms with E-state index in [0.29, 0.717) is 22.4 Å². The maximum atomic E-state index is 12.6. The van der Waals surface area contributed by atoms with E-state index >= 15 is 0 Å². The van der Waals surface area contributed by atoms with Crippen molar-refractivity contribution in [3.8, 4) is 11.5 Å². The molecule has 1 N–H and O–H groups in total. The number of halogens is 1. The molecule has 4 nitrogen and oxygen atoms in total. The summed E-state index contributed by atoms with van der Waals surface area (Å²) in [7, 11) is 0. The van der Waals surface area contributed by atoms with Gasteiger partial charge in [-0.25, -0.2) is 0 Å². The Morgan fingerprint density at radius 1 is 1.08 bits per heavy atom. The third kappa shape index (κ3) is 3.20. The van der Waals surface area contributed by atoms with Crippen LogP contribution in [0.3, 0.4) is 0 Å². The molecule has 124 valence electrons. The highest BCUT2D eigenvalue weighted by Crippen LogP contribution is 2.41. The van der Waals surface area contributed by atoms with Gasteiger partial charge in [0, 0.05) is 5.02 Å². The summed E-state index contributed by atoms with van der Waals surface area (Å²) in [6.07, 6.45) is 1.62. The Balaban J connectivity index is 1.47. The van der Waals surface area contributed by atoms with Crippen LogP contribution in [0.4, 0.5) is 0 Å². The minimum Gasteiger partial charge on any atom is -0.485 e. The van der Waals surface area contributed by atoms with Crippen LogP contribution in [0.25, 0.3) is 0 Å². The normalized spacial score (nSPS) is 20.3. The van der Waals surface area contributed by atoms with Crippen LogP contribution < -0.4 is 14.8 Å². The first kappa shape index (κ1) is 15.3. The Bertz CT molecular complexity index is 743. The van der Waals surface area contributed by atoms with E-state index in [1.807, 2.05) is 48.5 Å². The van der Waals surface area contributed by atoms with Crippen molar-refractivity contribution >= 4 is 17.5 Å². The Kier molecular flexibility index (Phi) is 4.07. The van der Waals surface area contributed by atoms with Crippen molar-refractivity contribution in [2.45, 2.75) is 25.0 Å². The molecule has 0 aromatic heterocycles. The number of benzene rings is 2. The van der Waals surface area contributed by atoms with Gasteiger partial charge in [-0.1, -0.05) is 35.9 Å². The van der Waals surface area contributed by atoms with Gasteiger partial charge in [0.05, 0.1) is 6.04 Å². The lowest BCUT2D eigenvalue weighted by molar-refractivity contribution is -0.131. The topological polar surface area (TPSA) is 47.6 Å². The van der Waals surface area contributed by atoms with E-state index in [2.05, 4.69) is 5.32 Å². The summed E-state index contributed by atoms with van der Waals surface area (Å²) < 4.78 is 11.4. The molecule has 0 saturated heterocycles. The quantitative estimate of drug-likeness (QED) is 0.919. The van der Waals surface area contributed by atoms with Gasteiger partial charge in [-0.2, -0.15) is 0 Å². The fourth-order valence-electron chi connectivity index (χ4n) is 2.97. The maximum absolute atomic E-state index is 12.6. The van der Waals surface area contributed by atoms with E-state index in [0.717, 1.165) is 18.4 Å². The van der Waals surface area contributed by atoms with Gasteiger partial charge in [0.15, 0.2) is 11.5 Å². The fraction of sp³-hybridized carbons (Fsp3) is 0.316. The number of nitrogens with one attached hydrogen (secondary N) is 1. The van der Waals surface area contributed by atoms with Crippen molar-refractivity contribution in [1.82, 2.24) is 5.32 Å². The Morgan fingerprint density at radius 3 is 2.50 bits per heavy atom. The first-order valence-corrected chi connectivity index (χ1v) is 8.53. The van der Waals surface area contributed by atoms with Gasteiger partial charge in [0.25, 0.3) is 5.91 Å². The average Bonchev–Trinajstić information content (AvgIpc) is 3.45. The molecule has 2 aromatic rings. The van der Waals surface area contributed by atoms with Crippen molar-refractivity contribution < 1.29 is 14.3 Å². The van der Waals surface area contributed by atoms with E-state index in [4.69, 9.17) is 21.1 Å². The standard InChI is InChI=1S/C19H18ClNO3/c20-14-9-7-13(8-10-14)18(12-5-6-12)21-19(22)17-11-23-15-3-1-2-4-16(15)24-17/h1-4,7-10,12,17-18H,5-6,11H2,(H,21,22). The molecule has 1 amide bonds. The highest BCUT2D eigenvalue weighted by Gasteiger charge is 2.36. The van der Waals surface area contributed by atoms with E-state index in [1.165, 1.54) is 0 Å². The zero-order chi connectivity index (χ0) is 16.5. The summed E-state index contributed by atoms with van der Waals surface area (Å²) in [4.78, 5) is 12.6. The molecule has 24 heavy (non-hydrogen) atoms. The number of hydrogen-bond donors (Lipinski definition) is 1. The molecule has 1 heterocycles. The first-order valence-electron chi connectivity index (χ1n) is 8.15. The van der Waals surface area contributed by atoms with Crippen molar-refractivity contribution in [1.29, 1.82) is 0 Å². The first-order chi connectivity index (χ1) is 11.7. The van der Waals surface area contributed by atoms with Gasteiger partial charge in [-0.15, -0.1) is 0 Å². The van der Waals surface area contributed by atoms with E-state index < -0.39 is 6.10 Å². The lowest BCUT2D eigenvalue weighted by atomic mass is 10.0. The molecule has 4 rings (SSSR count). The highest BCUT2D eigenvalue weighted by molar-refractivity contribution is 6.30. The van der Waals surface area contributed by atoms with Crippen molar-refractivity contribution in [3.63, 3.8) is 0 Å². The van der Waals surface area contributed by atoms with Crippen LogP contribution in [-0.4, -0.2) is 18.6 Å².